The molecule has 1 unspecified atom stereocenters. The number of nitrogens with one attached hydrogen (secondary N) is 3. The zero-order valence-corrected chi connectivity index (χ0v) is 12.7. The molecular weight excluding hydrogens is 290 g/mol. The van der Waals surface area contributed by atoms with Crippen LogP contribution in [0.5, 0.6) is 0 Å². The molecule has 3 N–H and O–H groups in total. The third-order valence-corrected chi connectivity index (χ3v) is 3.30. The maximum Gasteiger partial charge on any atom is 0.253 e. The van der Waals surface area contributed by atoms with E-state index in [4.69, 9.17) is 11.6 Å². The van der Waals surface area contributed by atoms with Gasteiger partial charge in [0.1, 0.15) is 5.82 Å². The molecule has 2 aromatic rings. The van der Waals surface area contributed by atoms with Crippen LogP contribution in [-0.2, 0) is 0 Å². The molecule has 2 rings (SSSR count). The minimum Gasteiger partial charge on any atom is -0.369 e. The van der Waals surface area contributed by atoms with Crippen LogP contribution in [0.1, 0.15) is 42.2 Å². The lowest BCUT2D eigenvalue weighted by Gasteiger charge is -2.13. The Balaban J connectivity index is 2.04. The van der Waals surface area contributed by atoms with E-state index in [0.717, 1.165) is 18.5 Å². The Labute approximate surface area is 128 Å². The van der Waals surface area contributed by atoms with E-state index in [1.54, 1.807) is 18.5 Å². The molecule has 0 bridgehead atoms. The summed E-state index contributed by atoms with van der Waals surface area (Å²) in [6, 6.07) is 1.47. The number of anilines is 1. The fourth-order valence-electron chi connectivity index (χ4n) is 1.80. The Morgan fingerprint density at radius 3 is 2.90 bits per heavy atom. The van der Waals surface area contributed by atoms with Gasteiger partial charge in [0, 0.05) is 24.5 Å². The summed E-state index contributed by atoms with van der Waals surface area (Å²) in [6.45, 7) is 4.73. The lowest BCUT2D eigenvalue weighted by Crippen LogP contribution is -2.26. The molecule has 0 aliphatic carbocycles. The van der Waals surface area contributed by atoms with Crippen molar-refractivity contribution in [3.05, 3.63) is 40.8 Å². The fourth-order valence-corrected chi connectivity index (χ4v) is 2.03. The third-order valence-electron chi connectivity index (χ3n) is 3.01. The Morgan fingerprint density at radius 2 is 2.29 bits per heavy atom. The molecule has 1 amide bonds. The lowest BCUT2D eigenvalue weighted by molar-refractivity contribution is 0.0939. The van der Waals surface area contributed by atoms with Crippen molar-refractivity contribution in [2.75, 3.05) is 11.9 Å². The van der Waals surface area contributed by atoms with Gasteiger partial charge >= 0.3 is 0 Å². The SMILES string of the molecule is CCCNc1ncc(C(=O)NC(C)c2cn[nH]c2)cc1Cl. The summed E-state index contributed by atoms with van der Waals surface area (Å²) in [6.07, 6.45) is 5.91. The van der Waals surface area contributed by atoms with Crippen molar-refractivity contribution < 1.29 is 4.79 Å². The highest BCUT2D eigenvalue weighted by atomic mass is 35.5. The van der Waals surface area contributed by atoms with Crippen LogP contribution in [0.2, 0.25) is 5.02 Å². The second-order valence-corrected chi connectivity index (χ2v) is 5.12. The van der Waals surface area contributed by atoms with Crippen LogP contribution < -0.4 is 10.6 Å². The van der Waals surface area contributed by atoms with Gasteiger partial charge in [0.25, 0.3) is 5.91 Å². The maximum atomic E-state index is 12.2. The second kappa shape index (κ2) is 7.08. The largest absolute Gasteiger partial charge is 0.369 e. The highest BCUT2D eigenvalue weighted by Crippen LogP contribution is 2.20. The molecule has 6 nitrogen and oxygen atoms in total. The molecule has 0 saturated heterocycles. The van der Waals surface area contributed by atoms with Gasteiger partial charge < -0.3 is 10.6 Å². The Kier molecular flexibility index (Phi) is 5.16. The topological polar surface area (TPSA) is 82.7 Å². The van der Waals surface area contributed by atoms with Crippen molar-refractivity contribution in [3.63, 3.8) is 0 Å². The monoisotopic (exact) mass is 307 g/mol. The van der Waals surface area contributed by atoms with E-state index in [1.165, 1.54) is 6.20 Å². The zero-order chi connectivity index (χ0) is 15.2. The highest BCUT2D eigenvalue weighted by molar-refractivity contribution is 6.33. The molecule has 0 radical (unpaired) electrons. The van der Waals surface area contributed by atoms with Crippen molar-refractivity contribution in [3.8, 4) is 0 Å². The Morgan fingerprint density at radius 1 is 1.48 bits per heavy atom. The fraction of sp³-hybridized carbons (Fsp3) is 0.357. The molecule has 2 aromatic heterocycles. The molecule has 0 spiro atoms. The molecule has 112 valence electrons. The third kappa shape index (κ3) is 3.95. The van der Waals surface area contributed by atoms with Gasteiger partial charge in [-0.25, -0.2) is 4.98 Å². The minimum absolute atomic E-state index is 0.145. The Hall–Kier alpha value is -2.08. The molecule has 0 aromatic carbocycles. The van der Waals surface area contributed by atoms with Crippen LogP contribution >= 0.6 is 11.6 Å². The van der Waals surface area contributed by atoms with Gasteiger partial charge in [0.05, 0.1) is 22.8 Å². The number of carbonyl (C=O) groups is 1. The van der Waals surface area contributed by atoms with Crippen LogP contribution in [0.15, 0.2) is 24.7 Å². The van der Waals surface area contributed by atoms with E-state index in [9.17, 15) is 4.79 Å². The zero-order valence-electron chi connectivity index (χ0n) is 12.0. The number of pyridine rings is 1. The van der Waals surface area contributed by atoms with Crippen LogP contribution in [-0.4, -0.2) is 27.6 Å². The average molecular weight is 308 g/mol. The minimum atomic E-state index is -0.222. The van der Waals surface area contributed by atoms with Crippen molar-refractivity contribution >= 4 is 23.3 Å². The van der Waals surface area contributed by atoms with Gasteiger partial charge in [-0.3, -0.25) is 9.89 Å². The lowest BCUT2D eigenvalue weighted by atomic mass is 10.1. The molecule has 0 saturated carbocycles. The van der Waals surface area contributed by atoms with Gasteiger partial charge in [-0.2, -0.15) is 5.10 Å². The normalized spacial score (nSPS) is 12.0. The number of H-pyrrole nitrogens is 1. The number of nitrogens with zero attached hydrogens (tertiary/aromatic N) is 2. The first-order valence-corrected chi connectivity index (χ1v) is 7.18. The number of amides is 1. The molecule has 0 fully saturated rings. The number of hydrogen-bond acceptors (Lipinski definition) is 4. The maximum absolute atomic E-state index is 12.2. The predicted molar refractivity (Wildman–Crippen MR) is 82.5 cm³/mol. The molecule has 0 aliphatic rings. The summed E-state index contributed by atoms with van der Waals surface area (Å²) in [5.74, 6) is 0.373. The summed E-state index contributed by atoms with van der Waals surface area (Å²) in [7, 11) is 0. The number of aromatic nitrogens is 3. The van der Waals surface area contributed by atoms with Crippen LogP contribution in [0.4, 0.5) is 5.82 Å². The van der Waals surface area contributed by atoms with E-state index >= 15 is 0 Å². The van der Waals surface area contributed by atoms with Crippen LogP contribution in [0.25, 0.3) is 0 Å². The van der Waals surface area contributed by atoms with Gasteiger partial charge in [-0.1, -0.05) is 18.5 Å². The first kappa shape index (κ1) is 15.3. The molecule has 21 heavy (non-hydrogen) atoms. The summed E-state index contributed by atoms with van der Waals surface area (Å²) >= 11 is 6.13. The van der Waals surface area contributed by atoms with E-state index in [2.05, 4.69) is 32.7 Å². The molecule has 2 heterocycles. The van der Waals surface area contributed by atoms with E-state index in [1.807, 2.05) is 6.92 Å². The number of halogens is 1. The second-order valence-electron chi connectivity index (χ2n) is 4.71. The molecule has 1 atom stereocenters. The first-order valence-electron chi connectivity index (χ1n) is 6.80. The highest BCUT2D eigenvalue weighted by Gasteiger charge is 2.14. The quantitative estimate of drug-likeness (QED) is 0.766. The summed E-state index contributed by atoms with van der Waals surface area (Å²) in [5.41, 5.74) is 1.33. The Bertz CT molecular complexity index is 599. The van der Waals surface area contributed by atoms with Crippen LogP contribution in [0.3, 0.4) is 0 Å². The van der Waals surface area contributed by atoms with Crippen molar-refractivity contribution in [2.45, 2.75) is 26.3 Å². The smallest absolute Gasteiger partial charge is 0.253 e. The standard InChI is InChI=1S/C14H18ClN5O/c1-3-4-16-13-12(15)5-10(6-17-13)14(21)20-9(2)11-7-18-19-8-11/h5-9H,3-4H2,1-2H3,(H,16,17)(H,18,19)(H,20,21). The average Bonchev–Trinajstić information content (AvgIpc) is 3.00. The van der Waals surface area contributed by atoms with Crippen molar-refractivity contribution in [2.24, 2.45) is 0 Å². The number of aromatic amines is 1. The van der Waals surface area contributed by atoms with Crippen LogP contribution in [0, 0.1) is 0 Å². The van der Waals surface area contributed by atoms with E-state index in [-0.39, 0.29) is 11.9 Å². The molecule has 0 aliphatic heterocycles. The summed E-state index contributed by atoms with van der Waals surface area (Å²) in [5, 5.41) is 13.0. The van der Waals surface area contributed by atoms with E-state index < -0.39 is 0 Å². The predicted octanol–water partition coefficient (Wildman–Crippen LogP) is 2.77. The van der Waals surface area contributed by atoms with Crippen molar-refractivity contribution in [1.82, 2.24) is 20.5 Å². The number of rotatable bonds is 6. The van der Waals surface area contributed by atoms with Gasteiger partial charge in [0.2, 0.25) is 0 Å². The number of hydrogen-bond donors (Lipinski definition) is 3. The van der Waals surface area contributed by atoms with Gasteiger partial charge in [0.15, 0.2) is 0 Å². The summed E-state index contributed by atoms with van der Waals surface area (Å²) in [4.78, 5) is 16.4. The molecule has 7 heteroatoms. The first-order chi connectivity index (χ1) is 10.1. The van der Waals surface area contributed by atoms with Crippen molar-refractivity contribution in [1.29, 1.82) is 0 Å². The summed E-state index contributed by atoms with van der Waals surface area (Å²) < 4.78 is 0. The van der Waals surface area contributed by atoms with Gasteiger partial charge in [-0.15, -0.1) is 0 Å². The number of carbonyl (C=O) groups excluding carboxylic acids is 1. The molecular formula is C14H18ClN5O. The van der Waals surface area contributed by atoms with Gasteiger partial charge in [-0.05, 0) is 19.4 Å². The van der Waals surface area contributed by atoms with E-state index in [0.29, 0.717) is 16.4 Å².